The van der Waals surface area contributed by atoms with E-state index in [0.29, 0.717) is 5.56 Å². The van der Waals surface area contributed by atoms with Gasteiger partial charge in [-0.25, -0.2) is 4.68 Å². The number of halogens is 1. The van der Waals surface area contributed by atoms with Gasteiger partial charge >= 0.3 is 5.97 Å². The van der Waals surface area contributed by atoms with Gasteiger partial charge in [0.2, 0.25) is 0 Å². The molecule has 2 rings (SSSR count). The van der Waals surface area contributed by atoms with Gasteiger partial charge in [0.1, 0.15) is 6.61 Å². The first-order valence-electron chi connectivity index (χ1n) is 5.94. The minimum atomic E-state index is -0.326. The lowest BCUT2D eigenvalue weighted by Gasteiger charge is -2.07. The van der Waals surface area contributed by atoms with Crippen LogP contribution < -0.4 is 5.56 Å². The van der Waals surface area contributed by atoms with Gasteiger partial charge in [-0.1, -0.05) is 35.9 Å². The second-order valence-corrected chi connectivity index (χ2v) is 4.65. The number of aryl methyl sites for hydroxylation is 1. The van der Waals surface area contributed by atoms with Crippen molar-refractivity contribution in [2.45, 2.75) is 13.5 Å². The van der Waals surface area contributed by atoms with Gasteiger partial charge in [-0.05, 0) is 11.1 Å². The molecule has 6 heteroatoms. The number of aromatic nitrogens is 2. The summed E-state index contributed by atoms with van der Waals surface area (Å²) in [5, 5.41) is 4.20. The van der Waals surface area contributed by atoms with Crippen molar-refractivity contribution in [3.63, 3.8) is 0 Å². The Kier molecular flexibility index (Phi) is 4.20. The fourth-order valence-electron chi connectivity index (χ4n) is 1.68. The Balaban J connectivity index is 2.28. The summed E-state index contributed by atoms with van der Waals surface area (Å²) in [6.45, 7) is 1.58. The summed E-state index contributed by atoms with van der Waals surface area (Å²) in [5.74, 6) is -0.326. The van der Waals surface area contributed by atoms with E-state index in [4.69, 9.17) is 16.3 Å². The second kappa shape index (κ2) is 5.88. The molecule has 0 aliphatic rings. The SMILES string of the molecule is CC(=O)OCc1ccc(-c2cc(=O)n(C)nc2Cl)cc1. The quantitative estimate of drug-likeness (QED) is 0.813. The average molecular weight is 293 g/mol. The molecule has 0 spiro atoms. The Morgan fingerprint density at radius 1 is 1.35 bits per heavy atom. The van der Waals surface area contributed by atoms with E-state index < -0.39 is 0 Å². The molecule has 1 aromatic carbocycles. The van der Waals surface area contributed by atoms with Crippen LogP contribution in [-0.2, 0) is 23.2 Å². The third-order valence-electron chi connectivity index (χ3n) is 2.75. The third kappa shape index (κ3) is 3.24. The van der Waals surface area contributed by atoms with Gasteiger partial charge in [0.25, 0.3) is 5.56 Å². The van der Waals surface area contributed by atoms with Crippen molar-refractivity contribution in [1.82, 2.24) is 9.78 Å². The zero-order valence-corrected chi connectivity index (χ0v) is 11.8. The van der Waals surface area contributed by atoms with Crippen LogP contribution >= 0.6 is 11.6 Å². The van der Waals surface area contributed by atoms with Gasteiger partial charge in [0, 0.05) is 25.6 Å². The molecule has 0 unspecified atom stereocenters. The fourth-order valence-corrected chi connectivity index (χ4v) is 1.96. The second-order valence-electron chi connectivity index (χ2n) is 4.29. The zero-order chi connectivity index (χ0) is 14.7. The molecule has 2 aromatic rings. The summed E-state index contributed by atoms with van der Waals surface area (Å²) in [5.41, 5.74) is 1.99. The Hall–Kier alpha value is -2.14. The van der Waals surface area contributed by atoms with Crippen LogP contribution in [0.5, 0.6) is 0 Å². The Labute approximate surface area is 120 Å². The van der Waals surface area contributed by atoms with E-state index in [0.717, 1.165) is 11.1 Å². The van der Waals surface area contributed by atoms with Crippen molar-refractivity contribution in [1.29, 1.82) is 0 Å². The first-order chi connectivity index (χ1) is 9.47. The lowest BCUT2D eigenvalue weighted by molar-refractivity contribution is -0.142. The minimum absolute atomic E-state index is 0.220. The van der Waals surface area contributed by atoms with Crippen molar-refractivity contribution in [3.8, 4) is 11.1 Å². The summed E-state index contributed by atoms with van der Waals surface area (Å²) < 4.78 is 6.08. The summed E-state index contributed by atoms with van der Waals surface area (Å²) in [7, 11) is 1.54. The summed E-state index contributed by atoms with van der Waals surface area (Å²) in [6.07, 6.45) is 0. The maximum Gasteiger partial charge on any atom is 0.302 e. The van der Waals surface area contributed by atoms with E-state index in [1.807, 2.05) is 12.1 Å². The van der Waals surface area contributed by atoms with Crippen LogP contribution in [0.2, 0.25) is 5.15 Å². The van der Waals surface area contributed by atoms with Crippen molar-refractivity contribution >= 4 is 17.6 Å². The van der Waals surface area contributed by atoms with E-state index in [1.54, 1.807) is 19.2 Å². The third-order valence-corrected chi connectivity index (χ3v) is 3.03. The molecule has 0 amide bonds. The highest BCUT2D eigenvalue weighted by Crippen LogP contribution is 2.24. The number of hydrogen-bond acceptors (Lipinski definition) is 4. The van der Waals surface area contributed by atoms with E-state index in [9.17, 15) is 9.59 Å². The Morgan fingerprint density at radius 3 is 2.60 bits per heavy atom. The molecule has 0 bridgehead atoms. The largest absolute Gasteiger partial charge is 0.461 e. The van der Waals surface area contributed by atoms with Gasteiger partial charge < -0.3 is 4.74 Å². The number of ether oxygens (including phenoxy) is 1. The predicted octanol–water partition coefficient (Wildman–Crippen LogP) is 2.16. The highest BCUT2D eigenvalue weighted by Gasteiger charge is 2.08. The summed E-state index contributed by atoms with van der Waals surface area (Å²) in [4.78, 5) is 22.3. The summed E-state index contributed by atoms with van der Waals surface area (Å²) >= 11 is 6.04. The molecule has 0 N–H and O–H groups in total. The minimum Gasteiger partial charge on any atom is -0.461 e. The van der Waals surface area contributed by atoms with Crippen LogP contribution in [0.3, 0.4) is 0 Å². The first kappa shape index (κ1) is 14.3. The standard InChI is InChI=1S/C14H13ClN2O3/c1-9(18)20-8-10-3-5-11(6-4-10)12-7-13(19)17(2)16-14(12)15/h3-7H,8H2,1-2H3. The molecule has 104 valence electrons. The molecule has 0 saturated carbocycles. The zero-order valence-electron chi connectivity index (χ0n) is 11.1. The molecule has 0 aliphatic heterocycles. The van der Waals surface area contributed by atoms with Gasteiger partial charge in [-0.3, -0.25) is 9.59 Å². The maximum atomic E-state index is 11.6. The molecule has 0 fully saturated rings. The van der Waals surface area contributed by atoms with Crippen molar-refractivity contribution in [3.05, 3.63) is 51.4 Å². The average Bonchev–Trinajstić information content (AvgIpc) is 2.41. The maximum absolute atomic E-state index is 11.6. The number of carbonyl (C=O) groups is 1. The van der Waals surface area contributed by atoms with Gasteiger partial charge in [0.15, 0.2) is 5.15 Å². The molecular weight excluding hydrogens is 280 g/mol. The molecule has 0 aliphatic carbocycles. The number of esters is 1. The van der Waals surface area contributed by atoms with Gasteiger partial charge in [-0.2, -0.15) is 5.10 Å². The number of benzene rings is 1. The highest BCUT2D eigenvalue weighted by atomic mass is 35.5. The van der Waals surface area contributed by atoms with Gasteiger partial charge in [-0.15, -0.1) is 0 Å². The highest BCUT2D eigenvalue weighted by molar-refractivity contribution is 6.32. The van der Waals surface area contributed by atoms with E-state index >= 15 is 0 Å². The molecule has 0 radical (unpaired) electrons. The predicted molar refractivity (Wildman–Crippen MR) is 75.4 cm³/mol. The fraction of sp³-hybridized carbons (Fsp3) is 0.214. The monoisotopic (exact) mass is 292 g/mol. The number of nitrogens with zero attached hydrogens (tertiary/aromatic N) is 2. The van der Waals surface area contributed by atoms with Crippen molar-refractivity contribution < 1.29 is 9.53 Å². The lowest BCUT2D eigenvalue weighted by atomic mass is 10.1. The van der Waals surface area contributed by atoms with Crippen LogP contribution in [0.25, 0.3) is 11.1 Å². The molecule has 1 heterocycles. The molecule has 0 saturated heterocycles. The van der Waals surface area contributed by atoms with Crippen molar-refractivity contribution in [2.75, 3.05) is 0 Å². The smallest absolute Gasteiger partial charge is 0.302 e. The summed E-state index contributed by atoms with van der Waals surface area (Å²) in [6, 6.07) is 8.68. The van der Waals surface area contributed by atoms with E-state index in [1.165, 1.54) is 17.7 Å². The van der Waals surface area contributed by atoms with Crippen LogP contribution in [0.15, 0.2) is 35.1 Å². The van der Waals surface area contributed by atoms with E-state index in [-0.39, 0.29) is 23.3 Å². The molecule has 0 atom stereocenters. The number of carbonyl (C=O) groups excluding carboxylic acids is 1. The topological polar surface area (TPSA) is 61.2 Å². The Morgan fingerprint density at radius 2 is 2.00 bits per heavy atom. The van der Waals surface area contributed by atoms with Crippen LogP contribution in [0, 0.1) is 0 Å². The van der Waals surface area contributed by atoms with E-state index in [2.05, 4.69) is 5.10 Å². The molecule has 5 nitrogen and oxygen atoms in total. The number of hydrogen-bond donors (Lipinski definition) is 0. The molecule has 1 aromatic heterocycles. The normalized spacial score (nSPS) is 10.3. The Bertz CT molecular complexity index is 693. The number of rotatable bonds is 3. The van der Waals surface area contributed by atoms with Crippen LogP contribution in [-0.4, -0.2) is 15.7 Å². The molecule has 20 heavy (non-hydrogen) atoms. The molecular formula is C14H13ClN2O3. The first-order valence-corrected chi connectivity index (χ1v) is 6.31. The van der Waals surface area contributed by atoms with Gasteiger partial charge in [0.05, 0.1) is 0 Å². The van der Waals surface area contributed by atoms with Crippen molar-refractivity contribution in [2.24, 2.45) is 7.05 Å². The van der Waals surface area contributed by atoms with Crippen LogP contribution in [0.1, 0.15) is 12.5 Å². The lowest BCUT2D eigenvalue weighted by Crippen LogP contribution is -2.18. The van der Waals surface area contributed by atoms with Crippen LogP contribution in [0.4, 0.5) is 0 Å².